The van der Waals surface area contributed by atoms with E-state index in [1.54, 1.807) is 7.11 Å². The molecule has 1 aliphatic carbocycles. The second-order valence-corrected chi connectivity index (χ2v) is 5.19. The van der Waals surface area contributed by atoms with Gasteiger partial charge in [0, 0.05) is 13.0 Å². The number of carbonyl (C=O) groups is 1. The van der Waals surface area contributed by atoms with Gasteiger partial charge < -0.3 is 9.53 Å². The maximum atomic E-state index is 11.3. The zero-order valence-electron chi connectivity index (χ0n) is 11.0. The van der Waals surface area contributed by atoms with Crippen molar-refractivity contribution < 1.29 is 9.53 Å². The standard InChI is InChI=1S/C14H26O2/c1-4-5-6-9-13(11-15)14(16-3)10-7-8-12(14)2/h11-13H,4-10H2,1-3H3. The molecule has 0 amide bonds. The van der Waals surface area contributed by atoms with E-state index in [0.717, 1.165) is 25.5 Å². The van der Waals surface area contributed by atoms with Crippen molar-refractivity contribution in [3.63, 3.8) is 0 Å². The normalized spacial score (nSPS) is 31.6. The molecule has 0 spiro atoms. The van der Waals surface area contributed by atoms with Crippen LogP contribution in [0.2, 0.25) is 0 Å². The molecule has 1 aliphatic rings. The quantitative estimate of drug-likeness (QED) is 0.490. The van der Waals surface area contributed by atoms with Gasteiger partial charge >= 0.3 is 0 Å². The van der Waals surface area contributed by atoms with Crippen LogP contribution in [0.15, 0.2) is 0 Å². The highest BCUT2D eigenvalue weighted by molar-refractivity contribution is 5.56. The number of carbonyl (C=O) groups excluding carboxylic acids is 1. The summed E-state index contributed by atoms with van der Waals surface area (Å²) in [6, 6.07) is 0. The molecule has 1 saturated carbocycles. The summed E-state index contributed by atoms with van der Waals surface area (Å²) in [6.07, 6.45) is 9.17. The first-order chi connectivity index (χ1) is 7.71. The van der Waals surface area contributed by atoms with Crippen LogP contribution in [0.25, 0.3) is 0 Å². The summed E-state index contributed by atoms with van der Waals surface area (Å²) in [6.45, 7) is 4.42. The molecule has 3 atom stereocenters. The lowest BCUT2D eigenvalue weighted by Crippen LogP contribution is -2.43. The van der Waals surface area contributed by atoms with Gasteiger partial charge in [-0.1, -0.05) is 39.5 Å². The maximum absolute atomic E-state index is 11.3. The molecule has 0 aromatic heterocycles. The molecule has 1 rings (SSSR count). The number of ether oxygens (including phenoxy) is 1. The van der Waals surface area contributed by atoms with E-state index in [-0.39, 0.29) is 11.5 Å². The fourth-order valence-electron chi connectivity index (χ4n) is 3.22. The van der Waals surface area contributed by atoms with Gasteiger partial charge in [0.15, 0.2) is 0 Å². The summed E-state index contributed by atoms with van der Waals surface area (Å²) in [5, 5.41) is 0. The Labute approximate surface area is 99.8 Å². The minimum absolute atomic E-state index is 0.0987. The molecule has 0 N–H and O–H groups in total. The van der Waals surface area contributed by atoms with Gasteiger partial charge in [-0.3, -0.25) is 0 Å². The highest BCUT2D eigenvalue weighted by atomic mass is 16.5. The minimum atomic E-state index is -0.157. The molecule has 0 aromatic carbocycles. The highest BCUT2D eigenvalue weighted by Crippen LogP contribution is 2.44. The van der Waals surface area contributed by atoms with Gasteiger partial charge in [0.1, 0.15) is 6.29 Å². The van der Waals surface area contributed by atoms with Gasteiger partial charge in [0.2, 0.25) is 0 Å². The molecule has 0 bridgehead atoms. The summed E-state index contributed by atoms with van der Waals surface area (Å²) >= 11 is 0. The van der Waals surface area contributed by atoms with Crippen molar-refractivity contribution in [3.8, 4) is 0 Å². The monoisotopic (exact) mass is 226 g/mol. The van der Waals surface area contributed by atoms with Crippen LogP contribution in [0.3, 0.4) is 0 Å². The molecule has 1 fully saturated rings. The molecule has 0 heterocycles. The second-order valence-electron chi connectivity index (χ2n) is 5.19. The smallest absolute Gasteiger partial charge is 0.125 e. The van der Waals surface area contributed by atoms with Gasteiger partial charge in [-0.15, -0.1) is 0 Å². The first kappa shape index (κ1) is 13.7. The number of methoxy groups -OCH3 is 1. The first-order valence-electron chi connectivity index (χ1n) is 6.71. The average Bonchev–Trinajstić information content (AvgIpc) is 2.67. The zero-order chi connectivity index (χ0) is 12.0. The van der Waals surface area contributed by atoms with Crippen molar-refractivity contribution in [1.29, 1.82) is 0 Å². The predicted octanol–water partition coefficient (Wildman–Crippen LogP) is 3.59. The van der Waals surface area contributed by atoms with Crippen molar-refractivity contribution in [3.05, 3.63) is 0 Å². The number of aldehydes is 1. The first-order valence-corrected chi connectivity index (χ1v) is 6.71. The van der Waals surface area contributed by atoms with Crippen molar-refractivity contribution in [2.75, 3.05) is 7.11 Å². The third-order valence-electron chi connectivity index (χ3n) is 4.33. The Morgan fingerprint density at radius 3 is 2.69 bits per heavy atom. The van der Waals surface area contributed by atoms with E-state index in [1.807, 2.05) is 0 Å². The molecule has 0 aliphatic heterocycles. The van der Waals surface area contributed by atoms with E-state index >= 15 is 0 Å². The summed E-state index contributed by atoms with van der Waals surface area (Å²) in [5.74, 6) is 0.621. The van der Waals surface area contributed by atoms with Crippen molar-refractivity contribution in [2.24, 2.45) is 11.8 Å². The van der Waals surface area contributed by atoms with Gasteiger partial charge in [-0.2, -0.15) is 0 Å². The van der Waals surface area contributed by atoms with Crippen molar-refractivity contribution >= 4 is 6.29 Å². The Morgan fingerprint density at radius 2 is 2.25 bits per heavy atom. The van der Waals surface area contributed by atoms with Gasteiger partial charge in [-0.05, 0) is 25.2 Å². The topological polar surface area (TPSA) is 26.3 Å². The predicted molar refractivity (Wildman–Crippen MR) is 66.5 cm³/mol. The van der Waals surface area contributed by atoms with E-state index < -0.39 is 0 Å². The molecule has 2 nitrogen and oxygen atoms in total. The average molecular weight is 226 g/mol. The van der Waals surface area contributed by atoms with E-state index in [1.165, 1.54) is 25.7 Å². The molecule has 2 heteroatoms. The molecular weight excluding hydrogens is 200 g/mol. The van der Waals surface area contributed by atoms with E-state index in [4.69, 9.17) is 4.74 Å². The van der Waals surface area contributed by atoms with E-state index in [2.05, 4.69) is 13.8 Å². The lowest BCUT2D eigenvalue weighted by Gasteiger charge is -2.37. The number of rotatable bonds is 7. The van der Waals surface area contributed by atoms with Gasteiger partial charge in [0.25, 0.3) is 0 Å². The van der Waals surface area contributed by atoms with Crippen LogP contribution in [0, 0.1) is 11.8 Å². The van der Waals surface area contributed by atoms with Crippen LogP contribution in [-0.4, -0.2) is 19.0 Å². The van der Waals surface area contributed by atoms with Crippen molar-refractivity contribution in [2.45, 2.75) is 64.4 Å². The van der Waals surface area contributed by atoms with Crippen LogP contribution in [0.1, 0.15) is 58.8 Å². The van der Waals surface area contributed by atoms with Crippen LogP contribution >= 0.6 is 0 Å². The van der Waals surface area contributed by atoms with Gasteiger partial charge in [-0.25, -0.2) is 0 Å². The zero-order valence-corrected chi connectivity index (χ0v) is 11.0. The third-order valence-corrected chi connectivity index (χ3v) is 4.33. The summed E-state index contributed by atoms with van der Waals surface area (Å²) in [7, 11) is 1.78. The Morgan fingerprint density at radius 1 is 1.50 bits per heavy atom. The molecule has 0 radical (unpaired) electrons. The molecule has 94 valence electrons. The second kappa shape index (κ2) is 6.39. The molecule has 0 aromatic rings. The summed E-state index contributed by atoms with van der Waals surface area (Å²) < 4.78 is 5.76. The summed E-state index contributed by atoms with van der Waals surface area (Å²) in [5.41, 5.74) is -0.157. The molecule has 0 saturated heterocycles. The molecular formula is C14H26O2. The van der Waals surface area contributed by atoms with Crippen molar-refractivity contribution in [1.82, 2.24) is 0 Å². The Kier molecular flexibility index (Phi) is 5.47. The number of hydrogen-bond donors (Lipinski definition) is 0. The number of unbranched alkanes of at least 4 members (excludes halogenated alkanes) is 2. The van der Waals surface area contributed by atoms with E-state index in [0.29, 0.717) is 5.92 Å². The lowest BCUT2D eigenvalue weighted by atomic mass is 9.77. The van der Waals surface area contributed by atoms with Crippen LogP contribution in [0.5, 0.6) is 0 Å². The SMILES string of the molecule is CCCCCC(C=O)C1(OC)CCCC1C. The van der Waals surface area contributed by atoms with Crippen LogP contribution < -0.4 is 0 Å². The van der Waals surface area contributed by atoms with Crippen LogP contribution in [-0.2, 0) is 9.53 Å². The van der Waals surface area contributed by atoms with Gasteiger partial charge in [0.05, 0.1) is 5.60 Å². The fourth-order valence-corrected chi connectivity index (χ4v) is 3.22. The molecule has 16 heavy (non-hydrogen) atoms. The van der Waals surface area contributed by atoms with Crippen LogP contribution in [0.4, 0.5) is 0 Å². The largest absolute Gasteiger partial charge is 0.377 e. The molecule has 3 unspecified atom stereocenters. The third kappa shape index (κ3) is 2.65. The maximum Gasteiger partial charge on any atom is 0.125 e. The fraction of sp³-hybridized carbons (Fsp3) is 0.929. The Bertz CT molecular complexity index is 215. The highest BCUT2D eigenvalue weighted by Gasteiger charge is 2.46. The van der Waals surface area contributed by atoms with E-state index in [9.17, 15) is 4.79 Å². The number of hydrogen-bond acceptors (Lipinski definition) is 2. The lowest BCUT2D eigenvalue weighted by molar-refractivity contribution is -0.129. The minimum Gasteiger partial charge on any atom is -0.377 e. The summed E-state index contributed by atoms with van der Waals surface area (Å²) in [4.78, 5) is 11.3. The Balaban J connectivity index is 2.63. The Hall–Kier alpha value is -0.370.